The molecule has 1 aliphatic carbocycles. The second-order valence-corrected chi connectivity index (χ2v) is 6.36. The average molecular weight is 287 g/mol. The lowest BCUT2D eigenvalue weighted by molar-refractivity contribution is 0.0985. The molecule has 0 saturated carbocycles. The van der Waals surface area contributed by atoms with Gasteiger partial charge in [-0.3, -0.25) is 4.90 Å². The highest BCUT2D eigenvalue weighted by atomic mass is 16.5. The molecule has 0 fully saturated rings. The van der Waals surface area contributed by atoms with Crippen LogP contribution >= 0.6 is 0 Å². The Labute approximate surface area is 127 Å². The summed E-state index contributed by atoms with van der Waals surface area (Å²) < 4.78 is 6.04. The first-order valence-corrected chi connectivity index (χ1v) is 7.98. The van der Waals surface area contributed by atoms with Gasteiger partial charge in [-0.25, -0.2) is 0 Å². The lowest BCUT2D eigenvalue weighted by atomic mass is 9.83. The van der Waals surface area contributed by atoms with E-state index < -0.39 is 0 Å². The molecule has 0 amide bonds. The van der Waals surface area contributed by atoms with Crippen LogP contribution in [0.3, 0.4) is 0 Å². The van der Waals surface area contributed by atoms with Crippen LogP contribution in [0.5, 0.6) is 11.5 Å². The molecule has 0 bridgehead atoms. The predicted octanol–water partition coefficient (Wildman–Crippen LogP) is 4.09. The van der Waals surface area contributed by atoms with Gasteiger partial charge in [0.15, 0.2) is 0 Å². The topological polar surface area (TPSA) is 32.7 Å². The second kappa shape index (κ2) is 5.72. The standard InChI is InChI=1S/C18H25NO2/c1-4-19-10-15-13(3)9-16(20)17(18(15)21-11-19)14-7-5-6-12(2)8-14/h8-9,14,20H,4-7,10-11H2,1-3H3. The van der Waals surface area contributed by atoms with Crippen molar-refractivity contribution in [2.75, 3.05) is 13.3 Å². The SMILES string of the molecule is CCN1COc2c(c(C)cc(O)c2C2C=C(C)CCC2)C1. The van der Waals surface area contributed by atoms with Crippen molar-refractivity contribution < 1.29 is 9.84 Å². The zero-order valence-corrected chi connectivity index (χ0v) is 13.3. The van der Waals surface area contributed by atoms with Gasteiger partial charge < -0.3 is 9.84 Å². The summed E-state index contributed by atoms with van der Waals surface area (Å²) in [5.41, 5.74) is 4.80. The molecule has 1 heterocycles. The molecule has 2 aliphatic rings. The Morgan fingerprint density at radius 2 is 2.19 bits per heavy atom. The molecule has 0 radical (unpaired) electrons. The van der Waals surface area contributed by atoms with Crippen LogP contribution in [0.4, 0.5) is 0 Å². The maximum Gasteiger partial charge on any atom is 0.142 e. The first-order valence-electron chi connectivity index (χ1n) is 7.98. The highest BCUT2D eigenvalue weighted by Crippen LogP contribution is 2.45. The first kappa shape index (κ1) is 14.5. The van der Waals surface area contributed by atoms with Gasteiger partial charge >= 0.3 is 0 Å². The third-order valence-electron chi connectivity index (χ3n) is 4.79. The van der Waals surface area contributed by atoms with Crippen LogP contribution in [-0.2, 0) is 6.54 Å². The van der Waals surface area contributed by atoms with Gasteiger partial charge in [-0.05, 0) is 51.3 Å². The summed E-state index contributed by atoms with van der Waals surface area (Å²) >= 11 is 0. The van der Waals surface area contributed by atoms with Gasteiger partial charge in [-0.15, -0.1) is 0 Å². The summed E-state index contributed by atoms with van der Waals surface area (Å²) in [4.78, 5) is 2.28. The summed E-state index contributed by atoms with van der Waals surface area (Å²) in [7, 11) is 0. The monoisotopic (exact) mass is 287 g/mol. The van der Waals surface area contributed by atoms with Crippen molar-refractivity contribution in [1.82, 2.24) is 4.90 Å². The Morgan fingerprint density at radius 3 is 2.90 bits per heavy atom. The van der Waals surface area contributed by atoms with E-state index in [1.807, 2.05) is 6.07 Å². The molecular weight excluding hydrogens is 262 g/mol. The van der Waals surface area contributed by atoms with E-state index in [1.54, 1.807) is 0 Å². The number of aromatic hydroxyl groups is 1. The number of phenolic OH excluding ortho intramolecular Hbond substituents is 1. The Kier molecular flexibility index (Phi) is 3.94. The fourth-order valence-electron chi connectivity index (χ4n) is 3.51. The molecule has 114 valence electrons. The van der Waals surface area contributed by atoms with Crippen molar-refractivity contribution in [3.05, 3.63) is 34.4 Å². The lowest BCUT2D eigenvalue weighted by Crippen LogP contribution is -2.32. The van der Waals surface area contributed by atoms with Crippen molar-refractivity contribution >= 4 is 0 Å². The van der Waals surface area contributed by atoms with Crippen molar-refractivity contribution in [3.63, 3.8) is 0 Å². The molecule has 3 heteroatoms. The van der Waals surface area contributed by atoms with Gasteiger partial charge in [0, 0.05) is 23.6 Å². The third-order valence-corrected chi connectivity index (χ3v) is 4.79. The van der Waals surface area contributed by atoms with E-state index in [0.717, 1.165) is 36.4 Å². The summed E-state index contributed by atoms with van der Waals surface area (Å²) in [6.45, 7) is 8.92. The Hall–Kier alpha value is -1.48. The predicted molar refractivity (Wildman–Crippen MR) is 84.8 cm³/mol. The van der Waals surface area contributed by atoms with Crippen LogP contribution in [0.1, 0.15) is 55.7 Å². The fraction of sp³-hybridized carbons (Fsp3) is 0.556. The van der Waals surface area contributed by atoms with Crippen LogP contribution in [0, 0.1) is 6.92 Å². The molecule has 21 heavy (non-hydrogen) atoms. The molecule has 0 spiro atoms. The third kappa shape index (κ3) is 2.67. The van der Waals surface area contributed by atoms with Crippen LogP contribution in [-0.4, -0.2) is 23.3 Å². The van der Waals surface area contributed by atoms with Crippen molar-refractivity contribution in [2.45, 2.75) is 52.5 Å². The van der Waals surface area contributed by atoms with Crippen LogP contribution in [0.15, 0.2) is 17.7 Å². The lowest BCUT2D eigenvalue weighted by Gasteiger charge is -2.33. The number of aryl methyl sites for hydroxylation is 1. The van der Waals surface area contributed by atoms with E-state index in [2.05, 4.69) is 31.7 Å². The highest BCUT2D eigenvalue weighted by molar-refractivity contribution is 5.57. The van der Waals surface area contributed by atoms with Gasteiger partial charge in [0.25, 0.3) is 0 Å². The number of hydrogen-bond acceptors (Lipinski definition) is 3. The molecule has 1 N–H and O–H groups in total. The van der Waals surface area contributed by atoms with Crippen molar-refractivity contribution in [3.8, 4) is 11.5 Å². The smallest absolute Gasteiger partial charge is 0.142 e. The summed E-state index contributed by atoms with van der Waals surface area (Å²) in [5, 5.41) is 10.5. The molecule has 3 nitrogen and oxygen atoms in total. The van der Waals surface area contributed by atoms with Crippen molar-refractivity contribution in [1.29, 1.82) is 0 Å². The summed E-state index contributed by atoms with van der Waals surface area (Å²) in [5.74, 6) is 1.63. The minimum absolute atomic E-state index is 0.293. The van der Waals surface area contributed by atoms with Gasteiger partial charge in [0.2, 0.25) is 0 Å². The van der Waals surface area contributed by atoms with Crippen molar-refractivity contribution in [2.24, 2.45) is 0 Å². The zero-order valence-electron chi connectivity index (χ0n) is 13.3. The van der Waals surface area contributed by atoms with E-state index in [0.29, 0.717) is 18.4 Å². The molecule has 1 aromatic rings. The fourth-order valence-corrected chi connectivity index (χ4v) is 3.51. The number of benzene rings is 1. The Balaban J connectivity index is 2.07. The molecular formula is C18H25NO2. The number of nitrogens with zero attached hydrogens (tertiary/aromatic N) is 1. The minimum Gasteiger partial charge on any atom is -0.507 e. The van der Waals surface area contributed by atoms with Gasteiger partial charge in [0.05, 0.1) is 0 Å². The summed E-state index contributed by atoms with van der Waals surface area (Å²) in [6, 6.07) is 1.91. The molecule has 0 saturated heterocycles. The van der Waals surface area contributed by atoms with E-state index in [4.69, 9.17) is 4.74 Å². The molecule has 1 aromatic carbocycles. The second-order valence-electron chi connectivity index (χ2n) is 6.36. The minimum atomic E-state index is 0.293. The number of allylic oxidation sites excluding steroid dienone is 2. The molecule has 1 atom stereocenters. The Morgan fingerprint density at radius 1 is 1.38 bits per heavy atom. The normalized spacial score (nSPS) is 22.4. The molecule has 1 aliphatic heterocycles. The van der Waals surface area contributed by atoms with E-state index >= 15 is 0 Å². The summed E-state index contributed by atoms with van der Waals surface area (Å²) in [6.07, 6.45) is 5.77. The van der Waals surface area contributed by atoms with Gasteiger partial charge in [-0.2, -0.15) is 0 Å². The molecule has 3 rings (SSSR count). The number of hydrogen-bond donors (Lipinski definition) is 1. The maximum absolute atomic E-state index is 10.5. The number of ether oxygens (including phenoxy) is 1. The molecule has 0 aromatic heterocycles. The largest absolute Gasteiger partial charge is 0.507 e. The number of fused-ring (bicyclic) bond motifs is 1. The zero-order chi connectivity index (χ0) is 15.0. The van der Waals surface area contributed by atoms with Crippen LogP contribution in [0.25, 0.3) is 0 Å². The van der Waals surface area contributed by atoms with Gasteiger partial charge in [-0.1, -0.05) is 18.6 Å². The first-order chi connectivity index (χ1) is 10.1. The highest BCUT2D eigenvalue weighted by Gasteiger charge is 2.28. The van der Waals surface area contributed by atoms with Gasteiger partial charge in [0.1, 0.15) is 18.2 Å². The molecule has 1 unspecified atom stereocenters. The number of rotatable bonds is 2. The quantitative estimate of drug-likeness (QED) is 0.832. The van der Waals surface area contributed by atoms with E-state index in [-0.39, 0.29) is 0 Å². The Bertz CT molecular complexity index is 577. The van der Waals surface area contributed by atoms with E-state index in [9.17, 15) is 5.11 Å². The van der Waals surface area contributed by atoms with Crippen LogP contribution < -0.4 is 4.74 Å². The van der Waals surface area contributed by atoms with E-state index in [1.165, 1.54) is 24.0 Å². The maximum atomic E-state index is 10.5. The van der Waals surface area contributed by atoms with Crippen LogP contribution in [0.2, 0.25) is 0 Å². The number of phenols is 1. The average Bonchev–Trinajstić information content (AvgIpc) is 2.47.